The van der Waals surface area contributed by atoms with Gasteiger partial charge in [0.25, 0.3) is 10.1 Å². The van der Waals surface area contributed by atoms with Gasteiger partial charge in [-0.05, 0) is 59.2 Å². The zero-order valence-electron chi connectivity index (χ0n) is 26.2. The molecule has 2 atom stereocenters. The van der Waals surface area contributed by atoms with Crippen molar-refractivity contribution in [3.63, 3.8) is 0 Å². The molecule has 5 rings (SSSR count). The quantitative estimate of drug-likeness (QED) is 0.0587. The Morgan fingerprint density at radius 2 is 1.06 bits per heavy atom. The molecule has 3 N–H and O–H groups in total. The van der Waals surface area contributed by atoms with E-state index in [-0.39, 0.29) is 30.8 Å². The van der Waals surface area contributed by atoms with Crippen LogP contribution in [0.2, 0.25) is 0 Å². The fraction of sp³-hybridized carbons (Fsp3) is 0.179. The van der Waals surface area contributed by atoms with Crippen molar-refractivity contribution in [1.82, 2.24) is 5.32 Å². The third-order valence-corrected chi connectivity index (χ3v) is 9.69. The Morgan fingerprint density at radius 1 is 0.625 bits per heavy atom. The summed E-state index contributed by atoms with van der Waals surface area (Å²) in [5.74, 6) is -3.46. The summed E-state index contributed by atoms with van der Waals surface area (Å²) in [4.78, 5) is 25.2. The molecular weight excluding hydrogens is 626 g/mol. The summed E-state index contributed by atoms with van der Waals surface area (Å²) in [6.45, 7) is -0.250. The van der Waals surface area contributed by atoms with Crippen molar-refractivity contribution in [2.45, 2.75) is 35.7 Å². The van der Waals surface area contributed by atoms with Crippen molar-refractivity contribution < 1.29 is 32.4 Å². The Hall–Kier alpha value is -5.09. The molecule has 0 fully saturated rings. The molecule has 246 valence electrons. The average Bonchev–Trinajstić information content (AvgIpc) is 3.12. The van der Waals surface area contributed by atoms with Gasteiger partial charge in [-0.1, -0.05) is 133 Å². The Morgan fingerprint density at radius 3 is 1.50 bits per heavy atom. The molecule has 0 aliphatic carbocycles. The predicted octanol–water partition coefficient (Wildman–Crippen LogP) is 6.96. The highest BCUT2D eigenvalue weighted by Crippen LogP contribution is 2.38. The van der Waals surface area contributed by atoms with Crippen LogP contribution < -0.4 is 5.32 Å². The Kier molecular flexibility index (Phi) is 11.2. The van der Waals surface area contributed by atoms with Crippen LogP contribution in [0.5, 0.6) is 0 Å². The van der Waals surface area contributed by atoms with E-state index in [4.69, 9.17) is 4.18 Å². The number of benzene rings is 5. The van der Waals surface area contributed by atoms with Crippen molar-refractivity contribution in [3.8, 4) is 11.1 Å². The SMILES string of the molecule is O=C(O)[C@@H](CCCOS(=O)(=O)c1ccc(-c2ccccc2)cc1)C[C@@H](NC(c1ccccc1)(c1ccccc1)c1ccccc1)C(=O)O. The molecule has 8 nitrogen and oxygen atoms in total. The number of aliphatic carboxylic acids is 2. The van der Waals surface area contributed by atoms with Gasteiger partial charge in [-0.25, -0.2) is 0 Å². The number of hydrogen-bond acceptors (Lipinski definition) is 6. The highest BCUT2D eigenvalue weighted by molar-refractivity contribution is 7.86. The summed E-state index contributed by atoms with van der Waals surface area (Å²) >= 11 is 0. The third kappa shape index (κ3) is 8.06. The van der Waals surface area contributed by atoms with Gasteiger partial charge in [0.15, 0.2) is 0 Å². The fourth-order valence-electron chi connectivity index (χ4n) is 5.94. The molecule has 48 heavy (non-hydrogen) atoms. The van der Waals surface area contributed by atoms with Crippen molar-refractivity contribution >= 4 is 22.1 Å². The molecule has 0 aliphatic rings. The molecule has 0 radical (unpaired) electrons. The van der Waals surface area contributed by atoms with Crippen LogP contribution in [0, 0.1) is 5.92 Å². The molecule has 0 spiro atoms. The Labute approximate surface area is 280 Å². The van der Waals surface area contributed by atoms with Gasteiger partial charge in [-0.3, -0.25) is 19.1 Å². The normalized spacial score (nSPS) is 13.0. The maximum Gasteiger partial charge on any atom is 0.320 e. The number of rotatable bonds is 16. The van der Waals surface area contributed by atoms with E-state index >= 15 is 0 Å². The van der Waals surface area contributed by atoms with Crippen molar-refractivity contribution in [3.05, 3.63) is 162 Å². The largest absolute Gasteiger partial charge is 0.481 e. The molecule has 0 bridgehead atoms. The summed E-state index contributed by atoms with van der Waals surface area (Å²) in [7, 11) is -4.08. The highest BCUT2D eigenvalue weighted by Gasteiger charge is 2.41. The van der Waals surface area contributed by atoms with Gasteiger partial charge in [-0.15, -0.1) is 0 Å². The number of carboxylic acids is 2. The molecule has 0 heterocycles. The zero-order chi connectivity index (χ0) is 34.0. The van der Waals surface area contributed by atoms with Crippen LogP contribution in [0.15, 0.2) is 150 Å². The van der Waals surface area contributed by atoms with Crippen LogP contribution in [0.4, 0.5) is 0 Å². The topological polar surface area (TPSA) is 130 Å². The Balaban J connectivity index is 1.32. The molecular formula is C39H37NO7S. The summed E-state index contributed by atoms with van der Waals surface area (Å²) in [6.07, 6.45) is -0.142. The van der Waals surface area contributed by atoms with Crippen molar-refractivity contribution in [2.75, 3.05) is 6.61 Å². The molecule has 0 saturated carbocycles. The van der Waals surface area contributed by atoms with Gasteiger partial charge >= 0.3 is 11.9 Å². The first-order chi connectivity index (χ1) is 23.2. The van der Waals surface area contributed by atoms with Crippen LogP contribution in [0.1, 0.15) is 36.0 Å². The molecule has 9 heteroatoms. The van der Waals surface area contributed by atoms with E-state index in [0.717, 1.165) is 27.8 Å². The van der Waals surface area contributed by atoms with Gasteiger partial charge in [0.1, 0.15) is 6.04 Å². The number of nitrogens with one attached hydrogen (secondary N) is 1. The number of carboxylic acid groups (broad SMARTS) is 2. The van der Waals surface area contributed by atoms with Crippen molar-refractivity contribution in [2.24, 2.45) is 5.92 Å². The smallest absolute Gasteiger partial charge is 0.320 e. The lowest BCUT2D eigenvalue weighted by atomic mass is 9.76. The first-order valence-corrected chi connectivity index (χ1v) is 17.1. The minimum absolute atomic E-state index is 0.00816. The van der Waals surface area contributed by atoms with Crippen LogP contribution >= 0.6 is 0 Å². The molecule has 0 aromatic heterocycles. The van der Waals surface area contributed by atoms with E-state index in [1.807, 2.05) is 121 Å². The van der Waals surface area contributed by atoms with E-state index in [0.29, 0.717) is 0 Å². The van der Waals surface area contributed by atoms with Gasteiger partial charge in [0.2, 0.25) is 0 Å². The first kappa shape index (κ1) is 34.3. The standard InChI is InChI=1S/C39H37NO7S/c41-37(42)31(16-13-27-47-48(45,46)35-25-23-30(24-26-35)29-14-5-1-6-15-29)28-36(38(43)44)40-39(32-17-7-2-8-18-32,33-19-9-3-10-20-33)34-21-11-4-12-22-34/h1-12,14-15,17-26,31,36,40H,13,16,27-28H2,(H,41,42)(H,43,44)/t31-,36+/m0/s1. The molecule has 0 unspecified atom stereocenters. The first-order valence-electron chi connectivity index (χ1n) is 15.7. The van der Waals surface area contributed by atoms with Crippen LogP contribution in [-0.2, 0) is 29.4 Å². The molecule has 0 saturated heterocycles. The molecule has 0 aliphatic heterocycles. The van der Waals surface area contributed by atoms with E-state index in [2.05, 4.69) is 5.32 Å². The summed E-state index contributed by atoms with van der Waals surface area (Å²) < 4.78 is 31.0. The van der Waals surface area contributed by atoms with E-state index in [1.165, 1.54) is 12.1 Å². The number of hydrogen-bond donors (Lipinski definition) is 3. The molecule has 5 aromatic carbocycles. The summed E-state index contributed by atoms with van der Waals surface area (Å²) in [5, 5.41) is 23.9. The number of carbonyl (C=O) groups is 2. The minimum atomic E-state index is -4.08. The minimum Gasteiger partial charge on any atom is -0.481 e. The van der Waals surface area contributed by atoms with E-state index in [1.54, 1.807) is 12.1 Å². The molecule has 5 aromatic rings. The Bertz CT molecular complexity index is 1790. The van der Waals surface area contributed by atoms with Gasteiger partial charge in [0.05, 0.1) is 23.0 Å². The monoisotopic (exact) mass is 663 g/mol. The third-order valence-electron chi connectivity index (χ3n) is 8.36. The van der Waals surface area contributed by atoms with Crippen molar-refractivity contribution in [1.29, 1.82) is 0 Å². The van der Waals surface area contributed by atoms with Gasteiger partial charge < -0.3 is 10.2 Å². The van der Waals surface area contributed by atoms with E-state index in [9.17, 15) is 28.2 Å². The summed E-state index contributed by atoms with van der Waals surface area (Å²) in [5.41, 5.74) is 3.05. The van der Waals surface area contributed by atoms with Crippen LogP contribution in [0.3, 0.4) is 0 Å². The lowest BCUT2D eigenvalue weighted by molar-refractivity contribution is -0.144. The lowest BCUT2D eigenvalue weighted by Gasteiger charge is -2.39. The van der Waals surface area contributed by atoms with Gasteiger partial charge in [0, 0.05) is 0 Å². The fourth-order valence-corrected chi connectivity index (χ4v) is 6.88. The predicted molar refractivity (Wildman–Crippen MR) is 184 cm³/mol. The highest BCUT2D eigenvalue weighted by atomic mass is 32.2. The van der Waals surface area contributed by atoms with Crippen LogP contribution in [-0.4, -0.2) is 43.2 Å². The van der Waals surface area contributed by atoms with E-state index < -0.39 is 39.6 Å². The summed E-state index contributed by atoms with van der Waals surface area (Å²) in [6, 6.07) is 42.9. The molecule has 0 amide bonds. The van der Waals surface area contributed by atoms with Gasteiger partial charge in [-0.2, -0.15) is 8.42 Å². The second-order valence-corrected chi connectivity index (χ2v) is 13.1. The average molecular weight is 664 g/mol. The maximum absolute atomic E-state index is 12.9. The second kappa shape index (κ2) is 15.7. The maximum atomic E-state index is 12.9. The zero-order valence-corrected chi connectivity index (χ0v) is 27.0. The second-order valence-electron chi connectivity index (χ2n) is 11.5. The lowest BCUT2D eigenvalue weighted by Crippen LogP contribution is -2.53. The van der Waals surface area contributed by atoms with Crippen LogP contribution in [0.25, 0.3) is 11.1 Å².